The summed E-state index contributed by atoms with van der Waals surface area (Å²) >= 11 is 1.63. The summed E-state index contributed by atoms with van der Waals surface area (Å²) in [5.74, 6) is -0.247. The predicted octanol–water partition coefficient (Wildman–Crippen LogP) is 5.76. The van der Waals surface area contributed by atoms with Crippen LogP contribution in [-0.4, -0.2) is 17.0 Å². The lowest BCUT2D eigenvalue weighted by Crippen LogP contribution is -2.14. The minimum absolute atomic E-state index is 0.194. The van der Waals surface area contributed by atoms with Gasteiger partial charge in [-0.1, -0.05) is 49.4 Å². The number of nitrogen functional groups attached to an aromatic ring is 1. The van der Waals surface area contributed by atoms with E-state index in [0.29, 0.717) is 28.7 Å². The second kappa shape index (κ2) is 9.75. The summed E-state index contributed by atoms with van der Waals surface area (Å²) in [6.45, 7) is 1.72. The lowest BCUT2D eigenvalue weighted by molar-refractivity contribution is 0.102. The number of hydrogen-bond donors (Lipinski definition) is 3. The highest BCUT2D eigenvalue weighted by Crippen LogP contribution is 2.40. The predicted molar refractivity (Wildman–Crippen MR) is 138 cm³/mol. The fourth-order valence-corrected chi connectivity index (χ4v) is 5.61. The van der Waals surface area contributed by atoms with Gasteiger partial charge >= 0.3 is 0 Å². The van der Waals surface area contributed by atoms with E-state index in [1.165, 1.54) is 0 Å². The number of carbonyl (C=O) groups is 1. The van der Waals surface area contributed by atoms with Crippen LogP contribution >= 0.6 is 18.7 Å². The molecule has 0 saturated heterocycles. The molecule has 1 unspecified atom stereocenters. The van der Waals surface area contributed by atoms with Gasteiger partial charge in [0.2, 0.25) is 7.37 Å². The van der Waals surface area contributed by atoms with E-state index in [1.807, 2.05) is 53.9 Å². The molecule has 4 N–H and O–H groups in total. The van der Waals surface area contributed by atoms with Gasteiger partial charge in [0.1, 0.15) is 0 Å². The summed E-state index contributed by atoms with van der Waals surface area (Å²) in [5.41, 5.74) is 10.4. The fourth-order valence-electron chi connectivity index (χ4n) is 3.62. The molecule has 0 aliphatic heterocycles. The topological polar surface area (TPSA) is 92.4 Å². The molecule has 0 saturated carbocycles. The highest BCUT2D eigenvalue weighted by molar-refractivity contribution is 7.66. The van der Waals surface area contributed by atoms with Crippen LogP contribution in [0.3, 0.4) is 0 Å². The Morgan fingerprint density at radius 2 is 1.79 bits per heavy atom. The summed E-state index contributed by atoms with van der Waals surface area (Å²) in [7, 11) is -3.37. The normalized spacial score (nSPS) is 12.8. The molecule has 0 aliphatic rings. The molecule has 168 valence electrons. The maximum atomic E-state index is 12.8. The van der Waals surface area contributed by atoms with Gasteiger partial charge in [0.15, 0.2) is 0 Å². The average Bonchev–Trinajstić information content (AvgIpc) is 3.36. The Bertz CT molecular complexity index is 1320. The summed E-state index contributed by atoms with van der Waals surface area (Å²) in [4.78, 5) is 24.2. The zero-order valence-corrected chi connectivity index (χ0v) is 19.9. The molecular weight excluding hydrogens is 451 g/mol. The van der Waals surface area contributed by atoms with Gasteiger partial charge in [-0.15, -0.1) is 11.3 Å². The van der Waals surface area contributed by atoms with Crippen LogP contribution in [0.1, 0.15) is 28.4 Å². The largest absolute Gasteiger partial charge is 0.397 e. The van der Waals surface area contributed by atoms with Gasteiger partial charge in [-0.3, -0.25) is 9.36 Å². The number of hydrogen-bond acceptors (Lipinski definition) is 4. The second-order valence-corrected chi connectivity index (χ2v) is 11.2. The van der Waals surface area contributed by atoms with Gasteiger partial charge in [-0.25, -0.2) is 0 Å². The quantitative estimate of drug-likeness (QED) is 0.234. The van der Waals surface area contributed by atoms with Gasteiger partial charge in [-0.2, -0.15) is 0 Å². The molecule has 1 aromatic heterocycles. The Hall–Kier alpha value is -3.18. The van der Waals surface area contributed by atoms with Crippen LogP contribution in [0.15, 0.2) is 84.2 Å². The van der Waals surface area contributed by atoms with Crippen LogP contribution in [0.25, 0.3) is 10.4 Å². The van der Waals surface area contributed by atoms with Crippen molar-refractivity contribution in [3.63, 3.8) is 0 Å². The minimum atomic E-state index is -3.37. The summed E-state index contributed by atoms with van der Waals surface area (Å²) < 4.78 is 12.5. The molecule has 33 heavy (non-hydrogen) atoms. The number of rotatable bonds is 7. The first-order valence-electron chi connectivity index (χ1n) is 10.6. The maximum Gasteiger partial charge on any atom is 0.255 e. The Kier molecular flexibility index (Phi) is 6.80. The molecule has 3 aromatic carbocycles. The third kappa shape index (κ3) is 5.25. The lowest BCUT2D eigenvalue weighted by Gasteiger charge is -2.15. The van der Waals surface area contributed by atoms with Crippen molar-refractivity contribution in [3.8, 4) is 10.4 Å². The van der Waals surface area contributed by atoms with Gasteiger partial charge < -0.3 is 15.9 Å². The highest BCUT2D eigenvalue weighted by atomic mass is 32.1. The second-order valence-electron chi connectivity index (χ2n) is 7.75. The van der Waals surface area contributed by atoms with Crippen molar-refractivity contribution in [2.24, 2.45) is 0 Å². The van der Waals surface area contributed by atoms with E-state index in [0.717, 1.165) is 21.6 Å². The maximum absolute atomic E-state index is 12.8. The molecule has 0 fully saturated rings. The standard InChI is InChI=1S/C26H25N2O3PS/c1-2-32(30,31)24-7-4-3-6-20(24)16-18-9-11-19(12-10-18)26(29)28-23-17-21(13-14-22(23)27)25-8-5-15-33-25/h3-15,17H,2,16,27H2,1H3,(H,28,29)(H,30,31). The number of nitrogens with two attached hydrogens (primary N) is 1. The van der Waals surface area contributed by atoms with Crippen molar-refractivity contribution in [2.45, 2.75) is 13.3 Å². The average molecular weight is 477 g/mol. The van der Waals surface area contributed by atoms with Crippen molar-refractivity contribution in [1.82, 2.24) is 0 Å². The van der Waals surface area contributed by atoms with Crippen molar-refractivity contribution >= 4 is 41.3 Å². The van der Waals surface area contributed by atoms with Gasteiger partial charge in [0.25, 0.3) is 5.91 Å². The molecule has 7 heteroatoms. The lowest BCUT2D eigenvalue weighted by atomic mass is 10.0. The van der Waals surface area contributed by atoms with Gasteiger partial charge in [-0.05, 0) is 64.9 Å². The molecule has 0 bridgehead atoms. The van der Waals surface area contributed by atoms with E-state index >= 15 is 0 Å². The third-order valence-corrected chi connectivity index (χ3v) is 8.48. The molecule has 5 nitrogen and oxygen atoms in total. The van der Waals surface area contributed by atoms with Crippen LogP contribution in [0.5, 0.6) is 0 Å². The summed E-state index contributed by atoms with van der Waals surface area (Å²) in [6, 6.07) is 24.1. The van der Waals surface area contributed by atoms with E-state index in [-0.39, 0.29) is 12.1 Å². The Morgan fingerprint density at radius 3 is 2.48 bits per heavy atom. The smallest absolute Gasteiger partial charge is 0.255 e. The van der Waals surface area contributed by atoms with E-state index < -0.39 is 7.37 Å². The number of carbonyl (C=O) groups excluding carboxylic acids is 1. The van der Waals surface area contributed by atoms with Gasteiger partial charge in [0, 0.05) is 21.9 Å². The molecule has 4 aromatic rings. The molecular formula is C26H25N2O3PS. The van der Waals surface area contributed by atoms with Crippen LogP contribution in [-0.2, 0) is 11.0 Å². The monoisotopic (exact) mass is 476 g/mol. The first kappa shape index (κ1) is 23.0. The molecule has 4 rings (SSSR count). The Balaban J connectivity index is 1.50. The zero-order chi connectivity index (χ0) is 23.4. The van der Waals surface area contributed by atoms with Gasteiger partial charge in [0.05, 0.1) is 11.4 Å². The molecule has 1 amide bonds. The highest BCUT2D eigenvalue weighted by Gasteiger charge is 2.21. The molecule has 0 radical (unpaired) electrons. The van der Waals surface area contributed by atoms with E-state index in [1.54, 1.807) is 48.6 Å². The SMILES string of the molecule is CCP(=O)(O)c1ccccc1Cc1ccc(C(=O)Nc2cc(-c3cccs3)ccc2N)cc1. The molecule has 0 aliphatic carbocycles. The Morgan fingerprint density at radius 1 is 1.03 bits per heavy atom. The van der Waals surface area contributed by atoms with E-state index in [9.17, 15) is 14.3 Å². The first-order valence-corrected chi connectivity index (χ1v) is 13.3. The number of anilines is 2. The number of benzene rings is 3. The summed E-state index contributed by atoms with van der Waals surface area (Å²) in [5, 5.41) is 5.41. The van der Waals surface area contributed by atoms with E-state index in [4.69, 9.17) is 5.73 Å². The van der Waals surface area contributed by atoms with Crippen molar-refractivity contribution < 1.29 is 14.3 Å². The fraction of sp³-hybridized carbons (Fsp3) is 0.115. The number of nitrogens with one attached hydrogen (secondary N) is 1. The zero-order valence-electron chi connectivity index (χ0n) is 18.2. The van der Waals surface area contributed by atoms with E-state index in [2.05, 4.69) is 5.32 Å². The molecule has 0 spiro atoms. The number of thiophene rings is 1. The third-order valence-electron chi connectivity index (χ3n) is 5.51. The first-order chi connectivity index (χ1) is 15.9. The Labute approximate surface area is 197 Å². The summed E-state index contributed by atoms with van der Waals surface area (Å²) in [6.07, 6.45) is 0.707. The van der Waals surface area contributed by atoms with Crippen molar-refractivity contribution in [2.75, 3.05) is 17.2 Å². The molecule has 1 heterocycles. The molecule has 1 atom stereocenters. The van der Waals surface area contributed by atoms with Crippen LogP contribution in [0.4, 0.5) is 11.4 Å². The van der Waals surface area contributed by atoms with Crippen LogP contribution in [0, 0.1) is 0 Å². The van der Waals surface area contributed by atoms with Crippen molar-refractivity contribution in [1.29, 1.82) is 0 Å². The van der Waals surface area contributed by atoms with Crippen LogP contribution < -0.4 is 16.4 Å². The van der Waals surface area contributed by atoms with Crippen molar-refractivity contribution in [3.05, 3.63) is 101 Å². The minimum Gasteiger partial charge on any atom is -0.397 e. The van der Waals surface area contributed by atoms with Crippen LogP contribution in [0.2, 0.25) is 0 Å². The number of amides is 1.